The third kappa shape index (κ3) is 4.37. The third-order valence-electron chi connectivity index (χ3n) is 6.88. The van der Waals surface area contributed by atoms with Crippen LogP contribution in [0.4, 0.5) is 0 Å². The van der Waals surface area contributed by atoms with Crippen molar-refractivity contribution in [2.24, 2.45) is 0 Å². The first-order valence-electron chi connectivity index (χ1n) is 11.0. The molecule has 0 saturated heterocycles. The average Bonchev–Trinajstić information content (AvgIpc) is 3.22. The van der Waals surface area contributed by atoms with Crippen molar-refractivity contribution in [1.29, 1.82) is 0 Å². The van der Waals surface area contributed by atoms with Crippen LogP contribution in [0.5, 0.6) is 0 Å². The molecule has 2 aliphatic carbocycles. The zero-order valence-electron chi connectivity index (χ0n) is 16.8. The summed E-state index contributed by atoms with van der Waals surface area (Å²) < 4.78 is 6.55. The first-order chi connectivity index (χ1) is 12.2. The van der Waals surface area contributed by atoms with Crippen LogP contribution in [0.3, 0.4) is 0 Å². The molecule has 0 nitrogen and oxygen atoms in total. The molecule has 2 bridgehead atoms. The molecule has 0 radical (unpaired) electrons. The number of allylic oxidation sites excluding steroid dienone is 2. The van der Waals surface area contributed by atoms with E-state index in [1.54, 1.807) is 28.9 Å². The molecule has 0 saturated carbocycles. The van der Waals surface area contributed by atoms with Crippen molar-refractivity contribution in [2.75, 3.05) is 0 Å². The molecule has 138 valence electrons. The Hall–Kier alpha value is -0.241. The van der Waals surface area contributed by atoms with E-state index < -0.39 is 18.4 Å². The van der Waals surface area contributed by atoms with Gasteiger partial charge in [-0.2, -0.15) is 0 Å². The Kier molecular flexibility index (Phi) is 7.11. The van der Waals surface area contributed by atoms with Crippen molar-refractivity contribution in [3.05, 3.63) is 47.0 Å². The summed E-state index contributed by atoms with van der Waals surface area (Å²) in [4.78, 5) is 0. The molecule has 0 fully saturated rings. The number of unbranched alkanes of at least 4 members (excludes halogenated alkanes) is 3. The minimum absolute atomic E-state index is 0.753. The van der Waals surface area contributed by atoms with Gasteiger partial charge in [0.15, 0.2) is 0 Å². The zero-order chi connectivity index (χ0) is 17.7. The van der Waals surface area contributed by atoms with Crippen molar-refractivity contribution in [1.82, 2.24) is 0 Å². The van der Waals surface area contributed by atoms with Crippen molar-refractivity contribution < 1.29 is 0 Å². The molecule has 0 N–H and O–H groups in total. The van der Waals surface area contributed by atoms with Gasteiger partial charge in [-0.3, -0.25) is 0 Å². The molecule has 0 amide bonds. The molecule has 0 aromatic heterocycles. The molecule has 1 aromatic rings. The fourth-order valence-corrected chi connectivity index (χ4v) is 22.1. The van der Waals surface area contributed by atoms with Crippen molar-refractivity contribution in [2.45, 2.75) is 95.3 Å². The average molecular weight is 445 g/mol. The first kappa shape index (κ1) is 19.5. The second kappa shape index (κ2) is 9.11. The van der Waals surface area contributed by atoms with E-state index in [2.05, 4.69) is 51.1 Å². The van der Waals surface area contributed by atoms with Gasteiger partial charge < -0.3 is 0 Å². The number of hydrogen-bond donors (Lipinski definition) is 0. The Bertz CT molecular complexity index is 564. The summed E-state index contributed by atoms with van der Waals surface area (Å²) in [5, 5.41) is 0. The fraction of sp³-hybridized carbons (Fsp3) is 0.667. The topological polar surface area (TPSA) is 0 Å². The molecule has 2 atom stereocenters. The third-order valence-corrected chi connectivity index (χ3v) is 22.3. The molecule has 25 heavy (non-hydrogen) atoms. The van der Waals surface area contributed by atoms with Crippen LogP contribution in [0.15, 0.2) is 35.9 Å². The summed E-state index contributed by atoms with van der Waals surface area (Å²) in [7, 11) is 0. The van der Waals surface area contributed by atoms with E-state index in [1.807, 2.05) is 5.57 Å². The predicted molar refractivity (Wildman–Crippen MR) is 114 cm³/mol. The van der Waals surface area contributed by atoms with Gasteiger partial charge in [-0.25, -0.2) is 0 Å². The SMILES string of the molecule is CCC[CH2][Sn]([CH2]CCC)([CH2]CCC)[CH2]C1=CC2CC1c1ccccc12. The Labute approximate surface area is 160 Å². The summed E-state index contributed by atoms with van der Waals surface area (Å²) in [6.45, 7) is 7.18. The molecule has 0 heterocycles. The zero-order valence-corrected chi connectivity index (χ0v) is 19.7. The molecule has 3 rings (SSSR count). The van der Waals surface area contributed by atoms with E-state index in [4.69, 9.17) is 0 Å². The molecule has 0 spiro atoms. The van der Waals surface area contributed by atoms with E-state index in [9.17, 15) is 0 Å². The summed E-state index contributed by atoms with van der Waals surface area (Å²) >= 11 is -2.03. The summed E-state index contributed by atoms with van der Waals surface area (Å²) in [5.74, 6) is 1.55. The number of benzene rings is 1. The van der Waals surface area contributed by atoms with E-state index >= 15 is 0 Å². The van der Waals surface area contributed by atoms with Crippen LogP contribution in [0.1, 0.15) is 88.7 Å². The summed E-state index contributed by atoms with van der Waals surface area (Å²) in [5.41, 5.74) is 5.22. The van der Waals surface area contributed by atoms with Crippen LogP contribution < -0.4 is 0 Å². The summed E-state index contributed by atoms with van der Waals surface area (Å²) in [6, 6.07) is 9.31. The molecule has 2 unspecified atom stereocenters. The van der Waals surface area contributed by atoms with Gasteiger partial charge in [0.1, 0.15) is 0 Å². The van der Waals surface area contributed by atoms with Crippen molar-refractivity contribution in [3.63, 3.8) is 0 Å². The first-order valence-corrected chi connectivity index (χ1v) is 19.1. The van der Waals surface area contributed by atoms with E-state index in [-0.39, 0.29) is 0 Å². The van der Waals surface area contributed by atoms with Crippen LogP contribution in [0.25, 0.3) is 0 Å². The maximum absolute atomic E-state index is 2.72. The standard InChI is InChI=1S/C12H11.3C4H9.Sn/c1-8-6-9-7-12(8)11-5-3-2-4-10(9)11;3*1-3-4-2;/h2-6,9,12H,1,7H2;3*1,3-4H2,2H3;. The Morgan fingerprint density at radius 2 is 1.40 bits per heavy atom. The number of rotatable bonds is 11. The van der Waals surface area contributed by atoms with Crippen molar-refractivity contribution in [3.8, 4) is 0 Å². The van der Waals surface area contributed by atoms with Gasteiger partial charge in [0.05, 0.1) is 0 Å². The van der Waals surface area contributed by atoms with E-state index in [0.29, 0.717) is 0 Å². The van der Waals surface area contributed by atoms with Gasteiger partial charge in [0.2, 0.25) is 0 Å². The summed E-state index contributed by atoms with van der Waals surface area (Å²) in [6.07, 6.45) is 12.8. The van der Waals surface area contributed by atoms with Crippen LogP contribution in [0.2, 0.25) is 17.7 Å². The van der Waals surface area contributed by atoms with Crippen LogP contribution >= 0.6 is 0 Å². The molecule has 1 heteroatoms. The quantitative estimate of drug-likeness (QED) is 0.239. The van der Waals surface area contributed by atoms with E-state index in [1.165, 1.54) is 44.9 Å². The van der Waals surface area contributed by atoms with Gasteiger partial charge in [0.25, 0.3) is 0 Å². The van der Waals surface area contributed by atoms with Gasteiger partial charge in [-0.1, -0.05) is 0 Å². The normalized spacial score (nSPS) is 21.5. The Morgan fingerprint density at radius 1 is 0.840 bits per heavy atom. The van der Waals surface area contributed by atoms with Crippen LogP contribution in [0, 0.1) is 0 Å². The molecule has 0 aliphatic heterocycles. The predicted octanol–water partition coefficient (Wildman–Crippen LogP) is 8.05. The van der Waals surface area contributed by atoms with Gasteiger partial charge in [-0.05, 0) is 0 Å². The van der Waals surface area contributed by atoms with E-state index in [0.717, 1.165) is 11.8 Å². The minimum atomic E-state index is -2.03. The number of fused-ring (bicyclic) bond motifs is 5. The van der Waals surface area contributed by atoms with Gasteiger partial charge in [0, 0.05) is 0 Å². The molecule has 1 aromatic carbocycles. The second-order valence-electron chi connectivity index (χ2n) is 8.75. The molecular weight excluding hydrogens is 407 g/mol. The molecule has 2 aliphatic rings. The Morgan fingerprint density at radius 3 is 1.96 bits per heavy atom. The second-order valence-corrected chi connectivity index (χ2v) is 22.6. The van der Waals surface area contributed by atoms with Crippen LogP contribution in [-0.4, -0.2) is 18.4 Å². The van der Waals surface area contributed by atoms with Crippen molar-refractivity contribution >= 4 is 18.4 Å². The molecular formula is C24H38Sn. The number of hydrogen-bond acceptors (Lipinski definition) is 0. The van der Waals surface area contributed by atoms with Crippen LogP contribution in [-0.2, 0) is 0 Å². The Balaban J connectivity index is 1.79. The maximum atomic E-state index is 2.72. The van der Waals surface area contributed by atoms with Gasteiger partial charge in [-0.15, -0.1) is 0 Å². The monoisotopic (exact) mass is 446 g/mol. The van der Waals surface area contributed by atoms with Gasteiger partial charge >= 0.3 is 161 Å². The fourth-order valence-electron chi connectivity index (χ4n) is 5.47.